The van der Waals surface area contributed by atoms with Gasteiger partial charge in [0.1, 0.15) is 5.76 Å². The molecule has 27 heavy (non-hydrogen) atoms. The first-order valence-electron chi connectivity index (χ1n) is 8.59. The number of carbonyl (C=O) groups is 1. The van der Waals surface area contributed by atoms with E-state index in [-0.39, 0.29) is 5.91 Å². The fourth-order valence-corrected chi connectivity index (χ4v) is 4.23. The number of hydrogen-bond acceptors (Lipinski definition) is 4. The summed E-state index contributed by atoms with van der Waals surface area (Å²) >= 11 is 5.07. The van der Waals surface area contributed by atoms with E-state index in [9.17, 15) is 4.79 Å². The molecule has 1 aromatic heterocycles. The predicted octanol–water partition coefficient (Wildman–Crippen LogP) is 5.62. The van der Waals surface area contributed by atoms with Gasteiger partial charge in [-0.2, -0.15) is 0 Å². The first kappa shape index (κ1) is 19.7. The van der Waals surface area contributed by atoms with Gasteiger partial charge in [-0.25, -0.2) is 0 Å². The largest absolute Gasteiger partial charge is 0.361 e. The number of rotatable bonds is 6. The molecule has 0 spiro atoms. The lowest BCUT2D eigenvalue weighted by Crippen LogP contribution is -2.26. The van der Waals surface area contributed by atoms with Crippen LogP contribution in [-0.2, 0) is 12.3 Å². The molecule has 4 nitrogen and oxygen atoms in total. The Kier molecular flexibility index (Phi) is 6.39. The first-order valence-corrected chi connectivity index (χ1v) is 10.4. The van der Waals surface area contributed by atoms with Crippen LogP contribution >= 0.6 is 27.7 Å². The lowest BCUT2D eigenvalue weighted by Gasteiger charge is -2.19. The molecular formula is C21H21BrN2O2S. The average molecular weight is 445 g/mol. The SMILES string of the molecule is Cc1noc(C)c1CSc1ccccc1C(=O)N(C)Cc1ccc(Br)cc1. The second-order valence-electron chi connectivity index (χ2n) is 6.38. The summed E-state index contributed by atoms with van der Waals surface area (Å²) < 4.78 is 6.26. The summed E-state index contributed by atoms with van der Waals surface area (Å²) in [4.78, 5) is 15.7. The highest BCUT2D eigenvalue weighted by Gasteiger charge is 2.17. The van der Waals surface area contributed by atoms with Crippen LogP contribution in [0, 0.1) is 13.8 Å². The number of amides is 1. The molecule has 0 aliphatic heterocycles. The van der Waals surface area contributed by atoms with E-state index in [2.05, 4.69) is 21.1 Å². The molecule has 0 saturated carbocycles. The third kappa shape index (κ3) is 4.82. The minimum absolute atomic E-state index is 0.0137. The quantitative estimate of drug-likeness (QED) is 0.462. The average Bonchev–Trinajstić information content (AvgIpc) is 2.99. The summed E-state index contributed by atoms with van der Waals surface area (Å²) in [5, 5.41) is 4.00. The second-order valence-corrected chi connectivity index (χ2v) is 8.31. The fraction of sp³-hybridized carbons (Fsp3) is 0.238. The highest BCUT2D eigenvalue weighted by Crippen LogP contribution is 2.29. The molecule has 0 radical (unpaired) electrons. The molecule has 3 aromatic rings. The number of carbonyl (C=O) groups excluding carboxylic acids is 1. The maximum absolute atomic E-state index is 13.0. The van der Waals surface area contributed by atoms with Crippen LogP contribution in [0.3, 0.4) is 0 Å². The zero-order chi connectivity index (χ0) is 19.4. The second kappa shape index (κ2) is 8.76. The Hall–Kier alpha value is -2.05. The third-order valence-electron chi connectivity index (χ3n) is 4.35. The monoisotopic (exact) mass is 444 g/mol. The Morgan fingerprint density at radius 1 is 1.15 bits per heavy atom. The molecule has 0 N–H and O–H groups in total. The van der Waals surface area contributed by atoms with Gasteiger partial charge in [0.25, 0.3) is 5.91 Å². The number of nitrogens with zero attached hydrogens (tertiary/aromatic N) is 2. The van der Waals surface area contributed by atoms with Crippen molar-refractivity contribution in [2.24, 2.45) is 0 Å². The molecule has 2 aromatic carbocycles. The summed E-state index contributed by atoms with van der Waals surface area (Å²) in [5.41, 5.74) is 3.80. The zero-order valence-corrected chi connectivity index (χ0v) is 17.9. The van der Waals surface area contributed by atoms with Crippen LogP contribution in [0.1, 0.15) is 32.9 Å². The minimum Gasteiger partial charge on any atom is -0.361 e. The van der Waals surface area contributed by atoms with Gasteiger partial charge in [0.15, 0.2) is 0 Å². The molecule has 3 rings (SSSR count). The number of halogens is 1. The summed E-state index contributed by atoms with van der Waals surface area (Å²) in [6.07, 6.45) is 0. The molecule has 0 bridgehead atoms. The topological polar surface area (TPSA) is 46.3 Å². The molecule has 0 aliphatic rings. The Bertz CT molecular complexity index is 918. The number of thioether (sulfide) groups is 1. The van der Waals surface area contributed by atoms with Crippen molar-refractivity contribution in [2.45, 2.75) is 31.0 Å². The van der Waals surface area contributed by atoms with Crippen molar-refractivity contribution in [3.63, 3.8) is 0 Å². The molecule has 1 amide bonds. The number of hydrogen-bond donors (Lipinski definition) is 0. The van der Waals surface area contributed by atoms with Crippen LogP contribution in [0.4, 0.5) is 0 Å². The van der Waals surface area contributed by atoms with Crippen LogP contribution in [0.5, 0.6) is 0 Å². The molecule has 6 heteroatoms. The lowest BCUT2D eigenvalue weighted by atomic mass is 10.1. The van der Waals surface area contributed by atoms with Crippen molar-refractivity contribution in [2.75, 3.05) is 7.05 Å². The molecular weight excluding hydrogens is 424 g/mol. The van der Waals surface area contributed by atoms with Gasteiger partial charge in [-0.05, 0) is 43.7 Å². The van der Waals surface area contributed by atoms with E-state index in [1.165, 1.54) is 0 Å². The molecule has 140 valence electrons. The minimum atomic E-state index is 0.0137. The van der Waals surface area contributed by atoms with Gasteiger partial charge in [0, 0.05) is 34.3 Å². The number of aryl methyl sites for hydroxylation is 2. The van der Waals surface area contributed by atoms with E-state index >= 15 is 0 Å². The van der Waals surface area contributed by atoms with E-state index in [1.807, 2.05) is 69.4 Å². The van der Waals surface area contributed by atoms with Crippen LogP contribution < -0.4 is 0 Å². The Morgan fingerprint density at radius 2 is 1.85 bits per heavy atom. The number of benzene rings is 2. The molecule has 1 heterocycles. The maximum atomic E-state index is 13.0. The fourth-order valence-electron chi connectivity index (χ4n) is 2.77. The Balaban J connectivity index is 1.74. The van der Waals surface area contributed by atoms with E-state index in [4.69, 9.17) is 4.52 Å². The zero-order valence-electron chi connectivity index (χ0n) is 15.5. The van der Waals surface area contributed by atoms with Crippen LogP contribution in [-0.4, -0.2) is 23.0 Å². The number of aromatic nitrogens is 1. The van der Waals surface area contributed by atoms with Crippen molar-refractivity contribution in [1.82, 2.24) is 10.1 Å². The molecule has 0 aliphatic carbocycles. The Morgan fingerprint density at radius 3 is 2.52 bits per heavy atom. The molecule has 0 unspecified atom stereocenters. The van der Waals surface area contributed by atoms with Crippen molar-refractivity contribution in [3.8, 4) is 0 Å². The normalized spacial score (nSPS) is 10.8. The van der Waals surface area contributed by atoms with Gasteiger partial charge in [-0.1, -0.05) is 45.4 Å². The smallest absolute Gasteiger partial charge is 0.255 e. The highest BCUT2D eigenvalue weighted by atomic mass is 79.9. The summed E-state index contributed by atoms with van der Waals surface area (Å²) in [6.45, 7) is 4.42. The van der Waals surface area contributed by atoms with Gasteiger partial charge < -0.3 is 9.42 Å². The van der Waals surface area contributed by atoms with Gasteiger partial charge in [-0.15, -0.1) is 11.8 Å². The maximum Gasteiger partial charge on any atom is 0.255 e. The van der Waals surface area contributed by atoms with Crippen LogP contribution in [0.2, 0.25) is 0 Å². The van der Waals surface area contributed by atoms with E-state index in [0.717, 1.165) is 37.7 Å². The molecule has 0 fully saturated rings. The standard InChI is InChI=1S/C21H21BrN2O2S/c1-14-19(15(2)26-23-14)13-27-20-7-5-4-6-18(20)21(25)24(3)12-16-8-10-17(22)11-9-16/h4-11H,12-13H2,1-3H3. The third-order valence-corrected chi connectivity index (χ3v) is 5.98. The summed E-state index contributed by atoms with van der Waals surface area (Å²) in [7, 11) is 1.83. The van der Waals surface area contributed by atoms with Gasteiger partial charge in [-0.3, -0.25) is 4.79 Å². The van der Waals surface area contributed by atoms with Crippen molar-refractivity contribution >= 4 is 33.6 Å². The predicted molar refractivity (Wildman–Crippen MR) is 112 cm³/mol. The van der Waals surface area contributed by atoms with E-state index < -0.39 is 0 Å². The lowest BCUT2D eigenvalue weighted by molar-refractivity contribution is 0.0781. The van der Waals surface area contributed by atoms with Crippen molar-refractivity contribution in [1.29, 1.82) is 0 Å². The van der Waals surface area contributed by atoms with E-state index in [0.29, 0.717) is 12.1 Å². The van der Waals surface area contributed by atoms with Gasteiger partial charge in [0.2, 0.25) is 0 Å². The van der Waals surface area contributed by atoms with Gasteiger partial charge >= 0.3 is 0 Å². The van der Waals surface area contributed by atoms with Gasteiger partial charge in [0.05, 0.1) is 11.3 Å². The van der Waals surface area contributed by atoms with Crippen molar-refractivity contribution in [3.05, 3.63) is 81.1 Å². The van der Waals surface area contributed by atoms with Crippen LogP contribution in [0.15, 0.2) is 62.4 Å². The summed E-state index contributed by atoms with van der Waals surface area (Å²) in [5.74, 6) is 1.57. The first-order chi connectivity index (χ1) is 13.0. The van der Waals surface area contributed by atoms with E-state index in [1.54, 1.807) is 16.7 Å². The molecule has 0 saturated heterocycles. The summed E-state index contributed by atoms with van der Waals surface area (Å²) in [6, 6.07) is 15.8. The van der Waals surface area contributed by atoms with Crippen molar-refractivity contribution < 1.29 is 9.32 Å². The molecule has 0 atom stereocenters. The Labute approximate surface area is 172 Å². The highest BCUT2D eigenvalue weighted by molar-refractivity contribution is 9.10. The van der Waals surface area contributed by atoms with Crippen LogP contribution in [0.25, 0.3) is 0 Å².